The first-order valence-corrected chi connectivity index (χ1v) is 5.74. The quantitative estimate of drug-likeness (QED) is 0.918. The minimum absolute atomic E-state index is 0.149. The maximum Gasteiger partial charge on any atom is 0.126 e. The van der Waals surface area contributed by atoms with Crippen LogP contribution in [0.3, 0.4) is 0 Å². The van der Waals surface area contributed by atoms with Crippen LogP contribution in [0.25, 0.3) is 11.1 Å². The van der Waals surface area contributed by atoms with Crippen LogP contribution in [0.15, 0.2) is 36.4 Å². The molecule has 3 nitrogen and oxygen atoms in total. The molecule has 0 bridgehead atoms. The van der Waals surface area contributed by atoms with E-state index in [1.54, 1.807) is 50.6 Å². The van der Waals surface area contributed by atoms with Gasteiger partial charge in [-0.05, 0) is 36.4 Å². The number of halogens is 1. The van der Waals surface area contributed by atoms with Gasteiger partial charge in [0.25, 0.3) is 0 Å². The van der Waals surface area contributed by atoms with Crippen molar-refractivity contribution in [3.8, 4) is 28.4 Å². The Hall–Kier alpha value is -1.87. The monoisotopic (exact) mass is 264 g/mol. The minimum atomic E-state index is 0.149. The number of hydrogen-bond acceptors (Lipinski definition) is 3. The summed E-state index contributed by atoms with van der Waals surface area (Å²) in [5.74, 6) is 1.45. The number of ether oxygens (including phenoxy) is 2. The van der Waals surface area contributed by atoms with E-state index in [2.05, 4.69) is 0 Å². The Morgan fingerprint density at radius 1 is 0.944 bits per heavy atom. The van der Waals surface area contributed by atoms with Crippen molar-refractivity contribution in [1.29, 1.82) is 0 Å². The van der Waals surface area contributed by atoms with Gasteiger partial charge in [0.15, 0.2) is 0 Å². The lowest BCUT2D eigenvalue weighted by Gasteiger charge is -2.11. The molecule has 0 radical (unpaired) electrons. The molecule has 0 saturated heterocycles. The highest BCUT2D eigenvalue weighted by atomic mass is 35.5. The summed E-state index contributed by atoms with van der Waals surface area (Å²) < 4.78 is 10.4. The minimum Gasteiger partial charge on any atom is -0.507 e. The highest BCUT2D eigenvalue weighted by molar-refractivity contribution is 6.31. The number of phenolic OH excluding ortho intramolecular Hbond substituents is 1. The van der Waals surface area contributed by atoms with E-state index < -0.39 is 0 Å². The van der Waals surface area contributed by atoms with E-state index in [1.165, 1.54) is 0 Å². The largest absolute Gasteiger partial charge is 0.507 e. The van der Waals surface area contributed by atoms with Crippen LogP contribution in [-0.2, 0) is 0 Å². The van der Waals surface area contributed by atoms with Crippen LogP contribution in [0.5, 0.6) is 17.2 Å². The Balaban J connectivity index is 2.63. The summed E-state index contributed by atoms with van der Waals surface area (Å²) in [6, 6.07) is 10.3. The summed E-state index contributed by atoms with van der Waals surface area (Å²) in [7, 11) is 3.15. The van der Waals surface area contributed by atoms with Crippen LogP contribution in [0, 0.1) is 0 Å². The Kier molecular flexibility index (Phi) is 3.63. The van der Waals surface area contributed by atoms with Gasteiger partial charge in [0.05, 0.1) is 14.2 Å². The first kappa shape index (κ1) is 12.6. The number of phenols is 1. The fourth-order valence-electron chi connectivity index (χ4n) is 1.75. The molecule has 0 aliphatic heterocycles. The van der Waals surface area contributed by atoms with Crippen LogP contribution in [0.1, 0.15) is 0 Å². The summed E-state index contributed by atoms with van der Waals surface area (Å²) in [5, 5.41) is 10.5. The predicted octanol–water partition coefficient (Wildman–Crippen LogP) is 3.73. The van der Waals surface area contributed by atoms with Crippen molar-refractivity contribution in [2.45, 2.75) is 0 Å². The lowest BCUT2D eigenvalue weighted by atomic mass is 10.0. The zero-order valence-corrected chi connectivity index (χ0v) is 10.9. The molecule has 18 heavy (non-hydrogen) atoms. The zero-order chi connectivity index (χ0) is 13.1. The molecule has 94 valence electrons. The zero-order valence-electron chi connectivity index (χ0n) is 10.1. The first-order chi connectivity index (χ1) is 8.65. The molecule has 0 aliphatic carbocycles. The van der Waals surface area contributed by atoms with Crippen LogP contribution < -0.4 is 9.47 Å². The van der Waals surface area contributed by atoms with Gasteiger partial charge in [-0.25, -0.2) is 0 Å². The SMILES string of the molecule is COc1ccc(O)c(-c2cc(Cl)ccc2OC)c1. The molecule has 0 fully saturated rings. The number of methoxy groups -OCH3 is 2. The maximum absolute atomic E-state index is 9.94. The molecule has 0 aromatic heterocycles. The summed E-state index contributed by atoms with van der Waals surface area (Å²) in [5.41, 5.74) is 1.34. The van der Waals surface area contributed by atoms with Crippen LogP contribution in [0.2, 0.25) is 5.02 Å². The van der Waals surface area contributed by atoms with E-state index in [0.29, 0.717) is 22.1 Å². The van der Waals surface area contributed by atoms with Crippen LogP contribution in [0.4, 0.5) is 0 Å². The number of benzene rings is 2. The Labute approximate surface area is 111 Å². The van der Waals surface area contributed by atoms with Gasteiger partial charge in [0.2, 0.25) is 0 Å². The molecule has 0 amide bonds. The van der Waals surface area contributed by atoms with Gasteiger partial charge >= 0.3 is 0 Å². The van der Waals surface area contributed by atoms with Gasteiger partial charge in [-0.2, -0.15) is 0 Å². The van der Waals surface area contributed by atoms with Crippen LogP contribution >= 0.6 is 11.6 Å². The van der Waals surface area contributed by atoms with Crippen molar-refractivity contribution in [2.24, 2.45) is 0 Å². The predicted molar refractivity (Wildman–Crippen MR) is 71.7 cm³/mol. The summed E-state index contributed by atoms with van der Waals surface area (Å²) >= 11 is 5.98. The number of hydrogen-bond donors (Lipinski definition) is 1. The Morgan fingerprint density at radius 2 is 1.72 bits per heavy atom. The van der Waals surface area contributed by atoms with Gasteiger partial charge in [-0.3, -0.25) is 0 Å². The van der Waals surface area contributed by atoms with E-state index in [4.69, 9.17) is 21.1 Å². The smallest absolute Gasteiger partial charge is 0.126 e. The standard InChI is InChI=1S/C14H13ClO3/c1-17-10-4-5-13(16)11(8-10)12-7-9(15)3-6-14(12)18-2/h3-8,16H,1-2H3. The average Bonchev–Trinajstić information content (AvgIpc) is 2.39. The lowest BCUT2D eigenvalue weighted by Crippen LogP contribution is -1.90. The maximum atomic E-state index is 9.94. The molecule has 0 heterocycles. The third kappa shape index (κ3) is 2.36. The van der Waals surface area contributed by atoms with Gasteiger partial charge in [-0.1, -0.05) is 11.6 Å². The normalized spacial score (nSPS) is 10.2. The Bertz CT molecular complexity index is 567. The molecule has 0 aliphatic rings. The summed E-state index contributed by atoms with van der Waals surface area (Å²) in [6.45, 7) is 0. The fraction of sp³-hybridized carbons (Fsp3) is 0.143. The van der Waals surface area contributed by atoms with E-state index in [1.807, 2.05) is 0 Å². The third-order valence-corrected chi connectivity index (χ3v) is 2.89. The lowest BCUT2D eigenvalue weighted by molar-refractivity contribution is 0.411. The highest BCUT2D eigenvalue weighted by Crippen LogP contribution is 2.39. The van der Waals surface area contributed by atoms with Gasteiger partial charge < -0.3 is 14.6 Å². The summed E-state index contributed by atoms with van der Waals surface area (Å²) in [4.78, 5) is 0. The second kappa shape index (κ2) is 5.19. The van der Waals surface area contributed by atoms with Crippen molar-refractivity contribution in [1.82, 2.24) is 0 Å². The van der Waals surface area contributed by atoms with E-state index >= 15 is 0 Å². The van der Waals surface area contributed by atoms with Gasteiger partial charge in [-0.15, -0.1) is 0 Å². The molecule has 1 N–H and O–H groups in total. The van der Waals surface area contributed by atoms with Crippen molar-refractivity contribution in [2.75, 3.05) is 14.2 Å². The molecular formula is C14H13ClO3. The first-order valence-electron chi connectivity index (χ1n) is 5.36. The molecule has 0 spiro atoms. The summed E-state index contributed by atoms with van der Waals surface area (Å²) in [6.07, 6.45) is 0. The van der Waals surface area contributed by atoms with Crippen LogP contribution in [-0.4, -0.2) is 19.3 Å². The number of aromatic hydroxyl groups is 1. The molecular weight excluding hydrogens is 252 g/mol. The second-order valence-corrected chi connectivity index (χ2v) is 4.16. The van der Waals surface area contributed by atoms with Crippen molar-refractivity contribution >= 4 is 11.6 Å². The topological polar surface area (TPSA) is 38.7 Å². The van der Waals surface area contributed by atoms with Gasteiger partial charge in [0, 0.05) is 16.1 Å². The molecule has 2 aromatic rings. The molecule has 4 heteroatoms. The van der Waals surface area contributed by atoms with E-state index in [0.717, 1.165) is 5.56 Å². The number of rotatable bonds is 3. The highest BCUT2D eigenvalue weighted by Gasteiger charge is 2.12. The van der Waals surface area contributed by atoms with Crippen molar-refractivity contribution in [3.05, 3.63) is 41.4 Å². The molecule has 0 atom stereocenters. The molecule has 2 aromatic carbocycles. The van der Waals surface area contributed by atoms with Crippen molar-refractivity contribution in [3.63, 3.8) is 0 Å². The van der Waals surface area contributed by atoms with Crippen molar-refractivity contribution < 1.29 is 14.6 Å². The van der Waals surface area contributed by atoms with Gasteiger partial charge in [0.1, 0.15) is 17.2 Å². The molecule has 0 saturated carbocycles. The molecule has 0 unspecified atom stereocenters. The molecule has 2 rings (SSSR count). The third-order valence-electron chi connectivity index (χ3n) is 2.66. The Morgan fingerprint density at radius 3 is 2.39 bits per heavy atom. The van der Waals surface area contributed by atoms with E-state index in [9.17, 15) is 5.11 Å². The average molecular weight is 265 g/mol. The second-order valence-electron chi connectivity index (χ2n) is 3.73. The fourth-order valence-corrected chi connectivity index (χ4v) is 1.92. The van der Waals surface area contributed by atoms with E-state index in [-0.39, 0.29) is 5.75 Å².